The number of aliphatic imine (C=N–C) groups is 1. The Morgan fingerprint density at radius 1 is 0.778 bits per heavy atom. The molecule has 0 N–H and O–H groups in total. The first kappa shape index (κ1) is 18.8. The highest BCUT2D eigenvalue weighted by Gasteiger charge is 2.32. The van der Waals surface area contributed by atoms with Crippen LogP contribution in [0.2, 0.25) is 0 Å². The molecule has 0 aliphatic rings. The predicted octanol–water partition coefficient (Wildman–Crippen LogP) is 4.35. The Kier molecular flexibility index (Phi) is 10.2. The molecule has 0 saturated carbocycles. The summed E-state index contributed by atoms with van der Waals surface area (Å²) < 4.78 is 16.7. The van der Waals surface area contributed by atoms with Gasteiger partial charge in [-0.2, -0.15) is 0 Å². The van der Waals surface area contributed by atoms with Gasteiger partial charge in [-0.3, -0.25) is 4.99 Å². The van der Waals surface area contributed by atoms with Crippen LogP contribution in [0.1, 0.15) is 41.5 Å². The Hall–Kier alpha value is 0.840. The number of nitrogens with zero attached hydrogens (tertiary/aromatic N) is 1. The van der Waals surface area contributed by atoms with Gasteiger partial charge < -0.3 is 13.6 Å². The minimum absolute atomic E-state index is 0.178. The smallest absolute Gasteiger partial charge is 0.181 e. The Morgan fingerprint density at radius 3 is 1.22 bits per heavy atom. The van der Waals surface area contributed by atoms with Gasteiger partial charge in [0, 0.05) is 0 Å². The number of hydrogen-bond donors (Lipinski definition) is 0. The minimum Gasteiger partial charge on any atom is -0.356 e. The molecule has 0 rings (SSSR count). The highest BCUT2D eigenvalue weighted by Crippen LogP contribution is 2.60. The van der Waals surface area contributed by atoms with E-state index < -0.39 is 4.76 Å². The molecule has 0 saturated heterocycles. The third kappa shape index (κ3) is 8.86. The molecule has 0 radical (unpaired) electrons. The molecule has 0 aliphatic heterocycles. The molecule has 0 amide bonds. The third-order valence-electron chi connectivity index (χ3n) is 1.56. The Balaban J connectivity index is 4.54. The van der Waals surface area contributed by atoms with E-state index in [-0.39, 0.29) is 44.7 Å². The minimum atomic E-state index is -0.432. The summed E-state index contributed by atoms with van der Waals surface area (Å²) >= 11 is 0. The second kappa shape index (κ2) is 9.70. The van der Waals surface area contributed by atoms with Crippen molar-refractivity contribution in [3.63, 3.8) is 0 Å². The van der Waals surface area contributed by atoms with Crippen molar-refractivity contribution in [2.45, 2.75) is 64.6 Å². The lowest BCUT2D eigenvalue weighted by Gasteiger charge is -2.30. The lowest BCUT2D eigenvalue weighted by Crippen LogP contribution is -2.13. The molecule has 0 bridgehead atoms. The average Bonchev–Trinajstić information content (AvgIpc) is 2.28. The van der Waals surface area contributed by atoms with Gasteiger partial charge in [0.2, 0.25) is 0 Å². The monoisotopic (exact) mass is 313 g/mol. The summed E-state index contributed by atoms with van der Waals surface area (Å²) in [5, 5.41) is 0. The largest absolute Gasteiger partial charge is 0.356 e. The summed E-state index contributed by atoms with van der Waals surface area (Å²) in [4.78, 5) is 4.25. The SMILES string of the molecule is C=NC(POC(C)C)(POC(C)C)POC(C)C. The zero-order chi connectivity index (χ0) is 14.2. The van der Waals surface area contributed by atoms with Crippen LogP contribution in [0.5, 0.6) is 0 Å². The van der Waals surface area contributed by atoms with Crippen molar-refractivity contribution in [1.82, 2.24) is 0 Å². The van der Waals surface area contributed by atoms with Crippen LogP contribution in [0, 0.1) is 0 Å². The van der Waals surface area contributed by atoms with Crippen molar-refractivity contribution < 1.29 is 13.6 Å². The highest BCUT2D eigenvalue weighted by atomic mass is 31.2. The average molecular weight is 313 g/mol. The van der Waals surface area contributed by atoms with E-state index in [9.17, 15) is 0 Å². The van der Waals surface area contributed by atoms with Gasteiger partial charge in [0.25, 0.3) is 0 Å². The van der Waals surface area contributed by atoms with Crippen molar-refractivity contribution in [2.75, 3.05) is 0 Å². The first-order valence-corrected chi connectivity index (χ1v) is 8.80. The molecule has 3 unspecified atom stereocenters. The van der Waals surface area contributed by atoms with E-state index >= 15 is 0 Å². The number of rotatable bonds is 10. The summed E-state index contributed by atoms with van der Waals surface area (Å²) in [5.41, 5.74) is 0. The Morgan fingerprint density at radius 2 is 1.06 bits per heavy atom. The second-order valence-electron chi connectivity index (χ2n) is 4.67. The van der Waals surface area contributed by atoms with Gasteiger partial charge in [-0.1, -0.05) is 0 Å². The molecule has 4 nitrogen and oxygen atoms in total. The zero-order valence-corrected chi connectivity index (χ0v) is 15.1. The molecule has 18 heavy (non-hydrogen) atoms. The van der Waals surface area contributed by atoms with Crippen LogP contribution in [-0.2, 0) is 13.6 Å². The molecule has 108 valence electrons. The molecule has 0 aromatic carbocycles. The highest BCUT2D eigenvalue weighted by molar-refractivity contribution is 7.71. The fraction of sp³-hybridized carbons (Fsp3) is 0.909. The van der Waals surface area contributed by atoms with Crippen molar-refractivity contribution in [1.29, 1.82) is 0 Å². The van der Waals surface area contributed by atoms with Crippen LogP contribution < -0.4 is 0 Å². The van der Waals surface area contributed by atoms with Crippen molar-refractivity contribution in [2.24, 2.45) is 4.99 Å². The summed E-state index contributed by atoms with van der Waals surface area (Å²) in [6.07, 6.45) is 0.534. The van der Waals surface area contributed by atoms with Crippen LogP contribution in [0.4, 0.5) is 0 Å². The Bertz CT molecular complexity index is 206. The molecule has 0 spiro atoms. The van der Waals surface area contributed by atoms with Crippen molar-refractivity contribution >= 4 is 33.1 Å². The zero-order valence-electron chi connectivity index (χ0n) is 12.1. The maximum Gasteiger partial charge on any atom is 0.181 e. The summed E-state index contributed by atoms with van der Waals surface area (Å²) in [5.74, 6) is 0. The standard InChI is InChI=1S/C11H26NO3P3/c1-8(2)13-16-11(12-7,17-14-9(3)4)18-15-10(5)6/h8-10,16-18H,7H2,1-6H3. The van der Waals surface area contributed by atoms with Crippen LogP contribution in [0.15, 0.2) is 4.99 Å². The van der Waals surface area contributed by atoms with Crippen LogP contribution in [-0.4, -0.2) is 29.8 Å². The van der Waals surface area contributed by atoms with E-state index in [1.54, 1.807) is 0 Å². The lowest BCUT2D eigenvalue weighted by atomic mass is 10.5. The van der Waals surface area contributed by atoms with Crippen molar-refractivity contribution in [3.05, 3.63) is 0 Å². The van der Waals surface area contributed by atoms with E-state index in [1.807, 2.05) is 41.5 Å². The molecule has 3 atom stereocenters. The molecular weight excluding hydrogens is 287 g/mol. The fourth-order valence-corrected chi connectivity index (χ4v) is 3.74. The second-order valence-corrected chi connectivity index (χ2v) is 9.66. The van der Waals surface area contributed by atoms with Crippen molar-refractivity contribution in [3.8, 4) is 0 Å². The molecule has 0 fully saturated rings. The van der Waals surface area contributed by atoms with Gasteiger partial charge in [0.15, 0.2) is 4.76 Å². The van der Waals surface area contributed by atoms with E-state index in [2.05, 4.69) is 11.7 Å². The Labute approximate surface area is 117 Å². The maximum absolute atomic E-state index is 5.71. The molecular formula is C11H26NO3P3. The van der Waals surface area contributed by atoms with Gasteiger partial charge in [0.05, 0.1) is 44.7 Å². The van der Waals surface area contributed by atoms with Gasteiger partial charge in [0.1, 0.15) is 0 Å². The maximum atomic E-state index is 5.71. The summed E-state index contributed by atoms with van der Waals surface area (Å²) in [6, 6.07) is 0. The van der Waals surface area contributed by atoms with E-state index in [0.29, 0.717) is 0 Å². The normalized spacial score (nSPS) is 17.4. The van der Waals surface area contributed by atoms with Gasteiger partial charge in [-0.25, -0.2) is 0 Å². The van der Waals surface area contributed by atoms with Gasteiger partial charge >= 0.3 is 0 Å². The fourth-order valence-electron chi connectivity index (χ4n) is 0.769. The lowest BCUT2D eigenvalue weighted by molar-refractivity contribution is 0.260. The first-order valence-electron chi connectivity index (χ1n) is 6.07. The van der Waals surface area contributed by atoms with Gasteiger partial charge in [-0.05, 0) is 48.3 Å². The predicted molar refractivity (Wildman–Crippen MR) is 85.9 cm³/mol. The molecule has 0 aromatic heterocycles. The van der Waals surface area contributed by atoms with E-state index in [4.69, 9.17) is 13.6 Å². The summed E-state index contributed by atoms with van der Waals surface area (Å²) in [7, 11) is 0.656. The summed E-state index contributed by atoms with van der Waals surface area (Å²) in [6.45, 7) is 15.8. The molecule has 0 aliphatic carbocycles. The number of hydrogen-bond acceptors (Lipinski definition) is 4. The van der Waals surface area contributed by atoms with Gasteiger partial charge in [-0.15, -0.1) is 0 Å². The van der Waals surface area contributed by atoms with E-state index in [1.165, 1.54) is 0 Å². The first-order chi connectivity index (χ1) is 8.31. The molecule has 7 heteroatoms. The third-order valence-corrected chi connectivity index (χ3v) is 6.53. The van der Waals surface area contributed by atoms with E-state index in [0.717, 1.165) is 0 Å². The quantitative estimate of drug-likeness (QED) is 0.444. The van der Waals surface area contributed by atoms with Crippen LogP contribution >= 0.6 is 26.4 Å². The molecule has 0 aromatic rings. The van der Waals surface area contributed by atoms with Crippen LogP contribution in [0.25, 0.3) is 0 Å². The molecule has 0 heterocycles. The topological polar surface area (TPSA) is 40.0 Å². The van der Waals surface area contributed by atoms with Crippen LogP contribution in [0.3, 0.4) is 0 Å².